The fourth-order valence-corrected chi connectivity index (χ4v) is 2.46. The summed E-state index contributed by atoms with van der Waals surface area (Å²) in [6.45, 7) is 13.3. The Morgan fingerprint density at radius 2 is 1.48 bits per heavy atom. The van der Waals surface area contributed by atoms with Crippen molar-refractivity contribution in [1.82, 2.24) is 5.32 Å². The number of anilines is 1. The molecule has 29 heavy (non-hydrogen) atoms. The zero-order valence-electron chi connectivity index (χ0n) is 18.5. The quantitative estimate of drug-likeness (QED) is 0.640. The molecular formula is C22H34N2O5. The van der Waals surface area contributed by atoms with Crippen molar-refractivity contribution in [3.05, 3.63) is 29.8 Å². The van der Waals surface area contributed by atoms with Gasteiger partial charge in [-0.25, -0.2) is 4.79 Å². The van der Waals surface area contributed by atoms with Crippen molar-refractivity contribution in [2.75, 3.05) is 11.9 Å². The second-order valence-electron chi connectivity index (χ2n) is 8.79. The van der Waals surface area contributed by atoms with Gasteiger partial charge in [-0.3, -0.25) is 9.59 Å². The normalized spacial score (nSPS) is 12.7. The molecular weight excluding hydrogens is 372 g/mol. The summed E-state index contributed by atoms with van der Waals surface area (Å²) in [7, 11) is 0. The molecule has 162 valence electrons. The summed E-state index contributed by atoms with van der Waals surface area (Å²) in [5.74, 6) is -1.43. The zero-order chi connectivity index (χ0) is 22.2. The van der Waals surface area contributed by atoms with E-state index >= 15 is 0 Å². The molecule has 1 aromatic rings. The van der Waals surface area contributed by atoms with E-state index in [-0.39, 0.29) is 12.8 Å². The van der Waals surface area contributed by atoms with Crippen LogP contribution in [0.25, 0.3) is 0 Å². The number of carbonyl (C=O) groups is 3. The molecule has 7 heteroatoms. The van der Waals surface area contributed by atoms with Crippen LogP contribution < -0.4 is 10.6 Å². The van der Waals surface area contributed by atoms with E-state index in [4.69, 9.17) is 9.47 Å². The molecule has 0 saturated carbocycles. The number of nitrogens with one attached hydrogen (secondary N) is 2. The van der Waals surface area contributed by atoms with E-state index in [0.29, 0.717) is 5.56 Å². The Kier molecular flexibility index (Phi) is 8.67. The monoisotopic (exact) mass is 406 g/mol. The maximum absolute atomic E-state index is 12.6. The van der Waals surface area contributed by atoms with Crippen LogP contribution in [0.3, 0.4) is 0 Å². The summed E-state index contributed by atoms with van der Waals surface area (Å²) < 4.78 is 10.7. The van der Waals surface area contributed by atoms with Gasteiger partial charge in [-0.1, -0.05) is 0 Å². The first kappa shape index (κ1) is 24.5. The Bertz CT molecular complexity index is 699. The first-order valence-corrected chi connectivity index (χ1v) is 9.90. The van der Waals surface area contributed by atoms with Gasteiger partial charge in [0.1, 0.15) is 17.2 Å². The maximum Gasteiger partial charge on any atom is 0.329 e. The van der Waals surface area contributed by atoms with E-state index < -0.39 is 35.1 Å². The van der Waals surface area contributed by atoms with E-state index in [9.17, 15) is 14.4 Å². The molecule has 1 atom stereocenters. The standard InChI is InChI=1S/C22H34N2O5/c1-8-23-16-11-9-15(10-12-16)19(26)24-17(20(27)29-22(5,6)7)13-14-18(25)28-21(2,3)4/h9-12,17,23H,8,13-14H2,1-7H3,(H,24,26)/t17-/m1/s1. The summed E-state index contributed by atoms with van der Waals surface area (Å²) in [5, 5.41) is 5.84. The number of benzene rings is 1. The molecule has 7 nitrogen and oxygen atoms in total. The summed E-state index contributed by atoms with van der Waals surface area (Å²) in [5.41, 5.74) is -0.00899. The fourth-order valence-electron chi connectivity index (χ4n) is 2.46. The first-order chi connectivity index (χ1) is 13.3. The molecule has 0 bridgehead atoms. The minimum absolute atomic E-state index is 0.0131. The van der Waals surface area contributed by atoms with Gasteiger partial charge in [-0.15, -0.1) is 0 Å². The third-order valence-corrected chi connectivity index (χ3v) is 3.58. The van der Waals surface area contributed by atoms with Gasteiger partial charge in [0.15, 0.2) is 0 Å². The predicted molar refractivity (Wildman–Crippen MR) is 113 cm³/mol. The van der Waals surface area contributed by atoms with Crippen LogP contribution in [0.15, 0.2) is 24.3 Å². The van der Waals surface area contributed by atoms with Gasteiger partial charge >= 0.3 is 11.9 Å². The highest BCUT2D eigenvalue weighted by Crippen LogP contribution is 2.15. The van der Waals surface area contributed by atoms with E-state index in [1.165, 1.54) is 0 Å². The van der Waals surface area contributed by atoms with Crippen molar-refractivity contribution >= 4 is 23.5 Å². The van der Waals surface area contributed by atoms with Gasteiger partial charge in [0.05, 0.1) is 0 Å². The molecule has 1 aromatic carbocycles. The van der Waals surface area contributed by atoms with Crippen LogP contribution >= 0.6 is 0 Å². The molecule has 0 spiro atoms. The lowest BCUT2D eigenvalue weighted by Crippen LogP contribution is -2.44. The molecule has 0 aromatic heterocycles. The molecule has 0 saturated heterocycles. The second-order valence-corrected chi connectivity index (χ2v) is 8.79. The smallest absolute Gasteiger partial charge is 0.329 e. The topological polar surface area (TPSA) is 93.7 Å². The molecule has 2 N–H and O–H groups in total. The van der Waals surface area contributed by atoms with Crippen LogP contribution in [0.2, 0.25) is 0 Å². The van der Waals surface area contributed by atoms with E-state index in [1.54, 1.807) is 65.8 Å². The Hall–Kier alpha value is -2.57. The van der Waals surface area contributed by atoms with Gasteiger partial charge < -0.3 is 20.1 Å². The van der Waals surface area contributed by atoms with Crippen molar-refractivity contribution in [3.63, 3.8) is 0 Å². The number of carbonyl (C=O) groups excluding carboxylic acids is 3. The van der Waals surface area contributed by atoms with Crippen LogP contribution in [0, 0.1) is 0 Å². The third-order valence-electron chi connectivity index (χ3n) is 3.58. The molecule has 0 aliphatic heterocycles. The minimum atomic E-state index is -0.956. The number of hydrogen-bond donors (Lipinski definition) is 2. The van der Waals surface area contributed by atoms with Gasteiger partial charge in [-0.2, -0.15) is 0 Å². The number of hydrogen-bond acceptors (Lipinski definition) is 6. The second kappa shape index (κ2) is 10.3. The lowest BCUT2D eigenvalue weighted by molar-refractivity contribution is -0.158. The molecule has 0 unspecified atom stereocenters. The highest BCUT2D eigenvalue weighted by molar-refractivity contribution is 5.97. The minimum Gasteiger partial charge on any atom is -0.460 e. The molecule has 0 heterocycles. The van der Waals surface area contributed by atoms with Gasteiger partial charge in [0, 0.05) is 24.2 Å². The van der Waals surface area contributed by atoms with Crippen LogP contribution in [0.4, 0.5) is 5.69 Å². The average Bonchev–Trinajstić information content (AvgIpc) is 2.56. The van der Waals surface area contributed by atoms with Crippen molar-refractivity contribution in [3.8, 4) is 0 Å². The number of amides is 1. The van der Waals surface area contributed by atoms with E-state index in [1.807, 2.05) is 6.92 Å². The summed E-state index contributed by atoms with van der Waals surface area (Å²) in [6, 6.07) is 5.98. The Morgan fingerprint density at radius 1 is 0.931 bits per heavy atom. The lowest BCUT2D eigenvalue weighted by atomic mass is 10.1. The Morgan fingerprint density at radius 3 is 1.97 bits per heavy atom. The van der Waals surface area contributed by atoms with Gasteiger partial charge in [0.2, 0.25) is 0 Å². The maximum atomic E-state index is 12.6. The summed E-state index contributed by atoms with van der Waals surface area (Å²) in [6.07, 6.45) is 0.0753. The highest BCUT2D eigenvalue weighted by atomic mass is 16.6. The summed E-state index contributed by atoms with van der Waals surface area (Å²) >= 11 is 0. The molecule has 0 fully saturated rings. The van der Waals surface area contributed by atoms with E-state index in [2.05, 4.69) is 10.6 Å². The number of esters is 2. The lowest BCUT2D eigenvalue weighted by Gasteiger charge is -2.25. The van der Waals surface area contributed by atoms with Crippen LogP contribution in [-0.4, -0.2) is 41.6 Å². The average molecular weight is 407 g/mol. The largest absolute Gasteiger partial charge is 0.460 e. The van der Waals surface area contributed by atoms with Crippen molar-refractivity contribution in [1.29, 1.82) is 0 Å². The van der Waals surface area contributed by atoms with E-state index in [0.717, 1.165) is 12.2 Å². The van der Waals surface area contributed by atoms with Crippen LogP contribution in [0.1, 0.15) is 71.7 Å². The van der Waals surface area contributed by atoms with Crippen molar-refractivity contribution < 1.29 is 23.9 Å². The van der Waals surface area contributed by atoms with Crippen molar-refractivity contribution in [2.24, 2.45) is 0 Å². The van der Waals surface area contributed by atoms with Gasteiger partial charge in [0.25, 0.3) is 5.91 Å². The SMILES string of the molecule is CCNc1ccc(C(=O)N[C@H](CCC(=O)OC(C)(C)C)C(=O)OC(C)(C)C)cc1. The highest BCUT2D eigenvalue weighted by Gasteiger charge is 2.28. The summed E-state index contributed by atoms with van der Waals surface area (Å²) in [4.78, 5) is 37.2. The number of rotatable bonds is 8. The zero-order valence-corrected chi connectivity index (χ0v) is 18.5. The molecule has 1 rings (SSSR count). The molecule has 0 radical (unpaired) electrons. The predicted octanol–water partition coefficient (Wildman–Crippen LogP) is 3.68. The first-order valence-electron chi connectivity index (χ1n) is 9.90. The van der Waals surface area contributed by atoms with Crippen LogP contribution in [-0.2, 0) is 19.1 Å². The third kappa shape index (κ3) is 9.96. The molecule has 1 amide bonds. The molecule has 0 aliphatic rings. The van der Waals surface area contributed by atoms with Crippen LogP contribution in [0.5, 0.6) is 0 Å². The van der Waals surface area contributed by atoms with Gasteiger partial charge in [-0.05, 0) is 79.2 Å². The molecule has 0 aliphatic carbocycles. The number of ether oxygens (including phenoxy) is 2. The fraction of sp³-hybridized carbons (Fsp3) is 0.591. The Balaban J connectivity index is 2.85. The Labute approximate surface area is 173 Å². The van der Waals surface area contributed by atoms with Crippen molar-refractivity contribution in [2.45, 2.75) is 78.6 Å².